The third-order valence-corrected chi connectivity index (χ3v) is 3.83. The molecule has 3 rings (SSSR count). The monoisotopic (exact) mass is 300 g/mol. The van der Waals surface area contributed by atoms with Crippen molar-refractivity contribution in [3.63, 3.8) is 0 Å². The molecule has 1 aliphatic rings. The van der Waals surface area contributed by atoms with Crippen LogP contribution in [0.1, 0.15) is 11.1 Å². The molecule has 2 aromatic rings. The lowest BCUT2D eigenvalue weighted by Crippen LogP contribution is -2.08. The average molecular weight is 300 g/mol. The van der Waals surface area contributed by atoms with E-state index in [4.69, 9.17) is 9.47 Å². The Morgan fingerprint density at radius 1 is 1.38 bits per heavy atom. The van der Waals surface area contributed by atoms with Crippen molar-refractivity contribution < 1.29 is 9.47 Å². The van der Waals surface area contributed by atoms with Gasteiger partial charge < -0.3 is 9.47 Å². The van der Waals surface area contributed by atoms with E-state index in [0.717, 1.165) is 27.4 Å². The maximum atomic E-state index is 5.76. The summed E-state index contributed by atoms with van der Waals surface area (Å²) < 4.78 is 10.8. The second kappa shape index (κ2) is 6.28. The number of hydrogen-bond acceptors (Lipinski definition) is 5. The number of ether oxygens (including phenoxy) is 2. The van der Waals surface area contributed by atoms with Crippen molar-refractivity contribution in [3.8, 4) is 17.0 Å². The Kier molecular flexibility index (Phi) is 4.22. The summed E-state index contributed by atoms with van der Waals surface area (Å²) in [5, 5.41) is 0.733. The lowest BCUT2D eigenvalue weighted by atomic mass is 9.98. The minimum atomic E-state index is 0.541. The first-order chi connectivity index (χ1) is 10.3. The molecule has 21 heavy (non-hydrogen) atoms. The molecular weight excluding hydrogens is 284 g/mol. The zero-order valence-corrected chi connectivity index (χ0v) is 12.8. The van der Waals surface area contributed by atoms with Gasteiger partial charge >= 0.3 is 0 Å². The van der Waals surface area contributed by atoms with Crippen LogP contribution in [0.15, 0.2) is 35.6 Å². The minimum Gasteiger partial charge on any atom is -0.472 e. The van der Waals surface area contributed by atoms with Gasteiger partial charge in [-0.15, -0.1) is 0 Å². The summed E-state index contributed by atoms with van der Waals surface area (Å²) in [5.74, 6) is 0.671. The van der Waals surface area contributed by atoms with Crippen molar-refractivity contribution in [1.82, 2.24) is 9.97 Å². The van der Waals surface area contributed by atoms with Crippen LogP contribution in [0.3, 0.4) is 0 Å². The maximum absolute atomic E-state index is 5.76. The minimum absolute atomic E-state index is 0.541. The van der Waals surface area contributed by atoms with Crippen molar-refractivity contribution in [2.75, 3.05) is 20.0 Å². The molecule has 4 nitrogen and oxygen atoms in total. The Hall–Kier alpha value is -1.85. The van der Waals surface area contributed by atoms with Gasteiger partial charge in [-0.3, -0.25) is 0 Å². The van der Waals surface area contributed by atoms with Gasteiger partial charge in [0.25, 0.3) is 0 Å². The molecule has 0 aliphatic carbocycles. The van der Waals surface area contributed by atoms with E-state index in [9.17, 15) is 0 Å². The van der Waals surface area contributed by atoms with Crippen LogP contribution >= 0.6 is 11.8 Å². The van der Waals surface area contributed by atoms with E-state index >= 15 is 0 Å². The normalized spacial score (nSPS) is 12.9. The van der Waals surface area contributed by atoms with Crippen LogP contribution in [0.4, 0.5) is 0 Å². The van der Waals surface area contributed by atoms with E-state index in [2.05, 4.69) is 28.2 Å². The Labute approximate surface area is 128 Å². The first-order valence-corrected chi connectivity index (χ1v) is 7.87. The zero-order chi connectivity index (χ0) is 14.7. The number of fused-ring (bicyclic) bond motifs is 3. The molecular formula is C16H16N2O2S. The number of rotatable bonds is 4. The fraction of sp³-hybridized carbons (Fsp3) is 0.250. The summed E-state index contributed by atoms with van der Waals surface area (Å²) >= 11 is 1.51. The van der Waals surface area contributed by atoms with Crippen molar-refractivity contribution in [3.05, 3.63) is 41.6 Å². The number of hydrogen-bond donors (Lipinski definition) is 0. The molecule has 0 saturated heterocycles. The van der Waals surface area contributed by atoms with Crippen molar-refractivity contribution in [2.45, 2.75) is 11.8 Å². The second-order valence-corrected chi connectivity index (χ2v) is 5.41. The third-order valence-electron chi connectivity index (χ3n) is 3.27. The Balaban J connectivity index is 1.94. The van der Waals surface area contributed by atoms with Crippen LogP contribution in [0.25, 0.3) is 17.2 Å². The molecule has 0 fully saturated rings. The number of benzene rings is 1. The number of nitrogens with zero attached hydrogens (tertiary/aromatic N) is 2. The first-order valence-electron chi connectivity index (χ1n) is 6.64. The van der Waals surface area contributed by atoms with E-state index in [1.807, 2.05) is 24.6 Å². The van der Waals surface area contributed by atoms with Crippen LogP contribution in [0.2, 0.25) is 0 Å². The van der Waals surface area contributed by atoms with E-state index in [0.29, 0.717) is 19.1 Å². The fourth-order valence-corrected chi connectivity index (χ4v) is 2.60. The predicted molar refractivity (Wildman–Crippen MR) is 84.5 cm³/mol. The summed E-state index contributed by atoms with van der Waals surface area (Å²) in [4.78, 5) is 8.75. The molecule has 2 heterocycles. The average Bonchev–Trinajstić information content (AvgIpc) is 2.54. The van der Waals surface area contributed by atoms with Crippen molar-refractivity contribution in [1.29, 1.82) is 0 Å². The molecule has 0 N–H and O–H groups in total. The van der Waals surface area contributed by atoms with Crippen LogP contribution in [-0.2, 0) is 11.3 Å². The highest BCUT2D eigenvalue weighted by Crippen LogP contribution is 2.36. The van der Waals surface area contributed by atoms with Gasteiger partial charge in [-0.1, -0.05) is 36.0 Å². The Morgan fingerprint density at radius 3 is 3.10 bits per heavy atom. The van der Waals surface area contributed by atoms with E-state index in [1.54, 1.807) is 7.11 Å². The lowest BCUT2D eigenvalue weighted by Gasteiger charge is -2.20. The Morgan fingerprint density at radius 2 is 2.29 bits per heavy atom. The third kappa shape index (κ3) is 2.94. The Bertz CT molecular complexity index is 686. The number of methoxy groups -OCH3 is 1. The van der Waals surface area contributed by atoms with Crippen molar-refractivity contribution >= 4 is 17.8 Å². The van der Waals surface area contributed by atoms with Crippen LogP contribution < -0.4 is 4.74 Å². The molecule has 0 atom stereocenters. The molecule has 0 bridgehead atoms. The standard InChI is InChI=1S/C16H16N2O2S/c1-19-7-3-4-11-5-6-13-12(8-11)10-20-15-14(13)9-17-16(18-15)21-2/h3-6,8-9H,7,10H2,1-2H3/b4-3+. The molecule has 0 saturated carbocycles. The zero-order valence-electron chi connectivity index (χ0n) is 12.0. The quantitative estimate of drug-likeness (QED) is 0.639. The lowest BCUT2D eigenvalue weighted by molar-refractivity contribution is 0.234. The van der Waals surface area contributed by atoms with Crippen LogP contribution in [0, 0.1) is 0 Å². The van der Waals surface area contributed by atoms with E-state index in [1.165, 1.54) is 11.8 Å². The fourth-order valence-electron chi connectivity index (χ4n) is 2.27. The maximum Gasteiger partial charge on any atom is 0.225 e. The van der Waals surface area contributed by atoms with Crippen LogP contribution in [0.5, 0.6) is 5.88 Å². The van der Waals surface area contributed by atoms with Crippen LogP contribution in [-0.4, -0.2) is 29.9 Å². The number of thioether (sulfide) groups is 1. The van der Waals surface area contributed by atoms with E-state index < -0.39 is 0 Å². The highest BCUT2D eigenvalue weighted by atomic mass is 32.2. The topological polar surface area (TPSA) is 44.2 Å². The highest BCUT2D eigenvalue weighted by molar-refractivity contribution is 7.98. The number of aromatic nitrogens is 2. The molecule has 0 unspecified atom stereocenters. The van der Waals surface area contributed by atoms with Gasteiger partial charge in [0.1, 0.15) is 6.61 Å². The van der Waals surface area contributed by atoms with Gasteiger partial charge in [-0.2, -0.15) is 4.98 Å². The molecule has 0 amide bonds. The molecule has 1 aromatic carbocycles. The van der Waals surface area contributed by atoms with Gasteiger partial charge in [0.05, 0.1) is 12.2 Å². The summed E-state index contributed by atoms with van der Waals surface area (Å²) in [7, 11) is 1.69. The first kappa shape index (κ1) is 14.1. The smallest absolute Gasteiger partial charge is 0.225 e. The molecule has 108 valence electrons. The van der Waals surface area contributed by atoms with Gasteiger partial charge in [-0.05, 0) is 29.0 Å². The van der Waals surface area contributed by atoms with Gasteiger partial charge in [0.2, 0.25) is 5.88 Å². The summed E-state index contributed by atoms with van der Waals surface area (Å²) in [6, 6.07) is 6.32. The summed E-state index contributed by atoms with van der Waals surface area (Å²) in [6.07, 6.45) is 7.84. The molecule has 5 heteroatoms. The highest BCUT2D eigenvalue weighted by Gasteiger charge is 2.19. The van der Waals surface area contributed by atoms with E-state index in [-0.39, 0.29) is 0 Å². The molecule has 0 spiro atoms. The van der Waals surface area contributed by atoms with Gasteiger partial charge in [0, 0.05) is 13.3 Å². The van der Waals surface area contributed by atoms with Crippen molar-refractivity contribution in [2.24, 2.45) is 0 Å². The molecule has 0 radical (unpaired) electrons. The largest absolute Gasteiger partial charge is 0.472 e. The van der Waals surface area contributed by atoms with Gasteiger partial charge in [-0.25, -0.2) is 4.98 Å². The molecule has 1 aliphatic heterocycles. The summed E-state index contributed by atoms with van der Waals surface area (Å²) in [6.45, 7) is 1.15. The SMILES string of the molecule is COC/C=C/c1ccc2c(c1)COc1nc(SC)ncc1-2. The molecule has 1 aromatic heterocycles. The predicted octanol–water partition coefficient (Wildman–Crippen LogP) is 3.42. The second-order valence-electron chi connectivity index (χ2n) is 4.64. The van der Waals surface area contributed by atoms with Gasteiger partial charge in [0.15, 0.2) is 5.16 Å². The summed E-state index contributed by atoms with van der Waals surface area (Å²) in [5.41, 5.74) is 4.40.